The van der Waals surface area contributed by atoms with Gasteiger partial charge in [0.15, 0.2) is 0 Å². The van der Waals surface area contributed by atoms with Gasteiger partial charge in [0.1, 0.15) is 0 Å². The van der Waals surface area contributed by atoms with E-state index in [1.54, 1.807) is 7.05 Å². The third-order valence-electron chi connectivity index (χ3n) is 6.02. The number of carbonyl (C=O) groups is 4. The number of aliphatic imine (C=N–C) groups is 1. The number of amides is 4. The van der Waals surface area contributed by atoms with Crippen LogP contribution in [0.15, 0.2) is 77.8 Å². The molecule has 0 aromatic heterocycles. The van der Waals surface area contributed by atoms with E-state index in [0.717, 1.165) is 33.4 Å². The Labute approximate surface area is 239 Å². The van der Waals surface area contributed by atoms with Gasteiger partial charge >= 0.3 is 12.1 Å². The van der Waals surface area contributed by atoms with Gasteiger partial charge in [-0.05, 0) is 33.4 Å². The molecule has 0 aliphatic rings. The summed E-state index contributed by atoms with van der Waals surface area (Å²) in [7, 11) is 1.59. The van der Waals surface area contributed by atoms with E-state index in [-0.39, 0.29) is 25.7 Å². The molecule has 0 bridgehead atoms. The summed E-state index contributed by atoms with van der Waals surface area (Å²) >= 11 is 0. The highest BCUT2D eigenvalue weighted by Crippen LogP contribution is 2.13. The summed E-state index contributed by atoms with van der Waals surface area (Å²) in [4.78, 5) is 53.8. The standard InChI is InChI=1S/C30H34N6O5/c1-35(18-27-9-2-5-23(11-27)14-31)30(40)41-29(34-17-26-8-3-6-24(12-26)15-32-20-37)36(22-39)19-28-10-4-7-25(13-28)16-33-21-38/h2-13,20-22H,14-19,31H2,1H3,(H,32,37)(H,33,38)/b34-29-. The van der Waals surface area contributed by atoms with Crippen molar-refractivity contribution < 1.29 is 23.9 Å². The van der Waals surface area contributed by atoms with Gasteiger partial charge < -0.3 is 26.0 Å². The minimum atomic E-state index is -0.693. The Kier molecular flexibility index (Phi) is 12.0. The van der Waals surface area contributed by atoms with Gasteiger partial charge in [-0.3, -0.25) is 19.3 Å². The predicted octanol–water partition coefficient (Wildman–Crippen LogP) is 2.42. The SMILES string of the molecule is CN(Cc1cccc(CN)c1)C(=O)O/C(=N\Cc1cccc(CNC=O)c1)N(C=O)Cc1cccc(CNC=O)c1. The molecule has 11 heteroatoms. The molecule has 4 amide bonds. The van der Waals surface area contributed by atoms with E-state index < -0.39 is 6.09 Å². The summed E-state index contributed by atoms with van der Waals surface area (Å²) in [5, 5.41) is 5.23. The van der Waals surface area contributed by atoms with Crippen molar-refractivity contribution in [2.75, 3.05) is 7.05 Å². The lowest BCUT2D eigenvalue weighted by atomic mass is 10.1. The lowest BCUT2D eigenvalue weighted by molar-refractivity contribution is -0.116. The largest absolute Gasteiger partial charge is 0.417 e. The second-order valence-corrected chi connectivity index (χ2v) is 9.22. The van der Waals surface area contributed by atoms with Crippen LogP contribution in [0.3, 0.4) is 0 Å². The Balaban J connectivity index is 1.83. The number of hydrogen-bond donors (Lipinski definition) is 3. The molecule has 0 radical (unpaired) electrons. The number of nitrogens with two attached hydrogens (primary N) is 1. The van der Waals surface area contributed by atoms with Crippen LogP contribution in [0.4, 0.5) is 4.79 Å². The van der Waals surface area contributed by atoms with E-state index in [9.17, 15) is 19.2 Å². The third-order valence-corrected chi connectivity index (χ3v) is 6.02. The first-order chi connectivity index (χ1) is 19.9. The summed E-state index contributed by atoms with van der Waals surface area (Å²) in [5.74, 6) is 0. The van der Waals surface area contributed by atoms with Crippen molar-refractivity contribution >= 4 is 31.3 Å². The molecule has 0 spiro atoms. The molecular formula is C30H34N6O5. The van der Waals surface area contributed by atoms with Gasteiger partial charge in [-0.2, -0.15) is 0 Å². The molecule has 4 N–H and O–H groups in total. The van der Waals surface area contributed by atoms with E-state index in [4.69, 9.17) is 10.5 Å². The van der Waals surface area contributed by atoms with Crippen LogP contribution in [-0.4, -0.2) is 48.2 Å². The fourth-order valence-corrected chi connectivity index (χ4v) is 4.03. The maximum absolute atomic E-state index is 13.1. The Morgan fingerprint density at radius 1 is 0.805 bits per heavy atom. The van der Waals surface area contributed by atoms with Crippen molar-refractivity contribution in [3.8, 4) is 0 Å². The van der Waals surface area contributed by atoms with Crippen LogP contribution in [0.25, 0.3) is 0 Å². The molecule has 41 heavy (non-hydrogen) atoms. The summed E-state index contributed by atoms with van der Waals surface area (Å²) in [6, 6.07) is 22.1. The quantitative estimate of drug-likeness (QED) is 0.157. The Bertz CT molecular complexity index is 1360. The molecular weight excluding hydrogens is 524 g/mol. The third kappa shape index (κ3) is 9.90. The first-order valence-electron chi connectivity index (χ1n) is 12.9. The highest BCUT2D eigenvalue weighted by atomic mass is 16.6. The maximum atomic E-state index is 13.1. The van der Waals surface area contributed by atoms with Crippen molar-refractivity contribution in [1.82, 2.24) is 20.4 Å². The number of hydrogen-bond acceptors (Lipinski definition) is 7. The van der Waals surface area contributed by atoms with Gasteiger partial charge in [0.25, 0.3) is 0 Å². The minimum absolute atomic E-state index is 0.0795. The van der Waals surface area contributed by atoms with E-state index in [1.807, 2.05) is 72.8 Å². The van der Waals surface area contributed by atoms with Crippen molar-refractivity contribution in [1.29, 1.82) is 0 Å². The molecule has 3 aromatic carbocycles. The molecule has 0 fully saturated rings. The number of ether oxygens (including phenoxy) is 1. The molecule has 0 aliphatic carbocycles. The normalized spacial score (nSPS) is 10.8. The minimum Gasteiger partial charge on any atom is -0.375 e. The first kappa shape index (κ1) is 30.5. The lowest BCUT2D eigenvalue weighted by Crippen LogP contribution is -2.37. The highest BCUT2D eigenvalue weighted by Gasteiger charge is 2.20. The average Bonchev–Trinajstić information content (AvgIpc) is 3.00. The van der Waals surface area contributed by atoms with Crippen molar-refractivity contribution in [2.24, 2.45) is 10.7 Å². The number of rotatable bonds is 14. The zero-order chi connectivity index (χ0) is 29.5. The van der Waals surface area contributed by atoms with E-state index in [0.29, 0.717) is 38.9 Å². The first-order valence-corrected chi connectivity index (χ1v) is 12.9. The highest BCUT2D eigenvalue weighted by molar-refractivity contribution is 5.92. The number of nitrogens with one attached hydrogen (secondary N) is 2. The Hall–Kier alpha value is -5.03. The topological polar surface area (TPSA) is 146 Å². The van der Waals surface area contributed by atoms with Crippen molar-refractivity contribution in [2.45, 2.75) is 39.3 Å². The monoisotopic (exact) mass is 558 g/mol. The van der Waals surface area contributed by atoms with Crippen LogP contribution in [0.1, 0.15) is 33.4 Å². The van der Waals surface area contributed by atoms with Gasteiger partial charge in [-0.1, -0.05) is 72.8 Å². The molecule has 3 aromatic rings. The second-order valence-electron chi connectivity index (χ2n) is 9.22. The molecule has 0 heterocycles. The van der Waals surface area contributed by atoms with E-state index >= 15 is 0 Å². The van der Waals surface area contributed by atoms with Crippen LogP contribution in [0, 0.1) is 0 Å². The smallest absolute Gasteiger partial charge is 0.375 e. The Morgan fingerprint density at radius 3 is 1.90 bits per heavy atom. The van der Waals surface area contributed by atoms with Gasteiger partial charge in [0, 0.05) is 33.2 Å². The van der Waals surface area contributed by atoms with Crippen LogP contribution >= 0.6 is 0 Å². The van der Waals surface area contributed by atoms with E-state index in [1.165, 1.54) is 9.80 Å². The zero-order valence-corrected chi connectivity index (χ0v) is 22.9. The van der Waals surface area contributed by atoms with Gasteiger partial charge in [0.05, 0.1) is 13.1 Å². The lowest BCUT2D eigenvalue weighted by Gasteiger charge is -2.22. The van der Waals surface area contributed by atoms with Crippen molar-refractivity contribution in [3.05, 3.63) is 106 Å². The summed E-state index contributed by atoms with van der Waals surface area (Å²) in [6.45, 7) is 1.53. The van der Waals surface area contributed by atoms with Gasteiger partial charge in [-0.25, -0.2) is 9.79 Å². The Morgan fingerprint density at radius 2 is 1.32 bits per heavy atom. The van der Waals surface area contributed by atoms with Crippen LogP contribution in [0.2, 0.25) is 0 Å². The predicted molar refractivity (Wildman–Crippen MR) is 154 cm³/mol. The van der Waals surface area contributed by atoms with Crippen molar-refractivity contribution in [3.63, 3.8) is 0 Å². The van der Waals surface area contributed by atoms with Crippen LogP contribution < -0.4 is 16.4 Å². The van der Waals surface area contributed by atoms with Gasteiger partial charge in [0.2, 0.25) is 19.2 Å². The number of amidine groups is 1. The molecule has 214 valence electrons. The van der Waals surface area contributed by atoms with Gasteiger partial charge in [-0.15, -0.1) is 0 Å². The maximum Gasteiger partial charge on any atom is 0.417 e. The summed E-state index contributed by atoms with van der Waals surface area (Å²) < 4.78 is 5.67. The second kappa shape index (κ2) is 16.2. The molecule has 0 atom stereocenters. The fraction of sp³-hybridized carbons (Fsp3) is 0.233. The molecule has 0 saturated carbocycles. The molecule has 0 saturated heterocycles. The summed E-state index contributed by atoms with van der Waals surface area (Å²) in [6.07, 6.45) is 1.09. The number of nitrogens with zero attached hydrogens (tertiary/aromatic N) is 3. The molecule has 0 unspecified atom stereocenters. The molecule has 0 aliphatic heterocycles. The van der Waals surface area contributed by atoms with E-state index in [2.05, 4.69) is 15.6 Å². The fourth-order valence-electron chi connectivity index (χ4n) is 4.03. The molecule has 11 nitrogen and oxygen atoms in total. The van der Waals surface area contributed by atoms with Crippen LogP contribution in [-0.2, 0) is 58.4 Å². The number of benzene rings is 3. The number of carbonyl (C=O) groups excluding carboxylic acids is 4. The summed E-state index contributed by atoms with van der Waals surface area (Å²) in [5.41, 5.74) is 10.8. The molecule has 3 rings (SSSR count). The average molecular weight is 559 g/mol. The van der Waals surface area contributed by atoms with Crippen LogP contribution in [0.5, 0.6) is 0 Å². The zero-order valence-electron chi connectivity index (χ0n) is 22.9.